The van der Waals surface area contributed by atoms with E-state index in [0.29, 0.717) is 0 Å². The Morgan fingerprint density at radius 3 is 1.56 bits per heavy atom. The van der Waals surface area contributed by atoms with Gasteiger partial charge in [-0.2, -0.15) is 0 Å². The van der Waals surface area contributed by atoms with Gasteiger partial charge in [0.15, 0.2) is 0 Å². The van der Waals surface area contributed by atoms with Crippen molar-refractivity contribution in [1.29, 1.82) is 0 Å². The van der Waals surface area contributed by atoms with Crippen molar-refractivity contribution in [2.75, 3.05) is 0 Å². The first-order valence-corrected chi connectivity index (χ1v) is 4.30. The number of hydrogen-bond acceptors (Lipinski definition) is 5. The van der Waals surface area contributed by atoms with Gasteiger partial charge in [0.2, 0.25) is 0 Å². The van der Waals surface area contributed by atoms with E-state index in [9.17, 15) is 22.7 Å². The van der Waals surface area contributed by atoms with Crippen LogP contribution in [0.2, 0.25) is 0 Å². The van der Waals surface area contributed by atoms with Crippen LogP contribution in [0.5, 0.6) is 0 Å². The molecule has 0 radical (unpaired) electrons. The molecule has 9 heavy (non-hydrogen) atoms. The van der Waals surface area contributed by atoms with Crippen LogP contribution in [-0.2, 0) is 13.4 Å². The molecule has 56 valence electrons. The molecule has 0 aliphatic heterocycles. The molecule has 0 saturated heterocycles. The monoisotopic (exact) mass is 180 g/mol. The number of hydrogen-bond donors (Lipinski definition) is 0. The Morgan fingerprint density at radius 1 is 1.22 bits per heavy atom. The largest absolute Gasteiger partial charge is 0.789 e. The van der Waals surface area contributed by atoms with E-state index in [-0.39, 0.29) is 0 Å². The first-order chi connectivity index (χ1) is 3.71. The van der Waals surface area contributed by atoms with Crippen LogP contribution in [0.4, 0.5) is 8.39 Å². The highest BCUT2D eigenvalue weighted by atomic mass is 31.3. The second-order valence-electron chi connectivity index (χ2n) is 0.943. The summed E-state index contributed by atoms with van der Waals surface area (Å²) in [7, 11) is -12.0. The minimum Gasteiger partial charge on any atom is -0.789 e. The van der Waals surface area contributed by atoms with Gasteiger partial charge in [0.05, 0.1) is 7.82 Å². The normalized spacial score (nSPS) is 13.8. The molecule has 5 nitrogen and oxygen atoms in total. The van der Waals surface area contributed by atoms with Crippen molar-refractivity contribution in [1.82, 2.24) is 0 Å². The highest BCUT2D eigenvalue weighted by Gasteiger charge is 2.22. The van der Waals surface area contributed by atoms with E-state index in [4.69, 9.17) is 4.57 Å². The highest BCUT2D eigenvalue weighted by Crippen LogP contribution is 2.58. The molecule has 0 N–H and O–H groups in total. The van der Waals surface area contributed by atoms with Crippen LogP contribution in [0.15, 0.2) is 0 Å². The van der Waals surface area contributed by atoms with E-state index >= 15 is 0 Å². The lowest BCUT2D eigenvalue weighted by molar-refractivity contribution is -0.334. The predicted molar refractivity (Wildman–Crippen MR) is 18.5 cm³/mol. The molecule has 0 heterocycles. The first-order valence-electron chi connectivity index (χ1n) is 1.43. The van der Waals surface area contributed by atoms with Gasteiger partial charge in [-0.1, -0.05) is 0 Å². The van der Waals surface area contributed by atoms with E-state index in [2.05, 4.69) is 4.31 Å². The maximum Gasteiger partial charge on any atom is 0.555 e. The minimum atomic E-state index is -6.18. The maximum atomic E-state index is 11.0. The third kappa shape index (κ3) is 8.20. The second-order valence-corrected chi connectivity index (χ2v) is 3.32. The summed E-state index contributed by atoms with van der Waals surface area (Å²) in [5.74, 6) is 0. The maximum absolute atomic E-state index is 11.0. The molecule has 0 amide bonds. The summed E-state index contributed by atoms with van der Waals surface area (Å²) in [6.45, 7) is 0. The molecule has 0 fully saturated rings. The number of halogens is 2. The van der Waals surface area contributed by atoms with Crippen molar-refractivity contribution in [2.24, 2.45) is 0 Å². The third-order valence-electron chi connectivity index (χ3n) is 0.195. The van der Waals surface area contributed by atoms with Gasteiger partial charge in [0.25, 0.3) is 0 Å². The van der Waals surface area contributed by atoms with Gasteiger partial charge in [-0.25, -0.2) is 8.88 Å². The molecular formula is F2O5P2-2. The minimum absolute atomic E-state index is 2.29. The van der Waals surface area contributed by atoms with E-state index in [1.807, 2.05) is 0 Å². The Bertz CT molecular complexity index is 153. The molecule has 0 aromatic heterocycles. The lowest BCUT2D eigenvalue weighted by Crippen LogP contribution is -2.14. The standard InChI is InChI=1S/F2H2O5P2/c1-8(2,3)7-9(4,5)6/h(H2,4,5,6)/p-2. The Hall–Kier alpha value is 0.200. The molecule has 0 atom stereocenters. The summed E-state index contributed by atoms with van der Waals surface area (Å²) in [4.78, 5) is 18.5. The molecule has 0 spiro atoms. The van der Waals surface area contributed by atoms with Gasteiger partial charge in [-0.3, -0.25) is 0 Å². The van der Waals surface area contributed by atoms with Gasteiger partial charge in [-0.15, -0.1) is 8.39 Å². The summed E-state index contributed by atoms with van der Waals surface area (Å²) in [6.07, 6.45) is 0. The average molecular weight is 180 g/mol. The zero-order valence-electron chi connectivity index (χ0n) is 3.69. The molecule has 9 heteroatoms. The van der Waals surface area contributed by atoms with E-state index in [1.54, 1.807) is 0 Å². The van der Waals surface area contributed by atoms with Crippen LogP contribution in [0.3, 0.4) is 0 Å². The van der Waals surface area contributed by atoms with Gasteiger partial charge >= 0.3 is 7.99 Å². The Balaban J connectivity index is 4.07. The van der Waals surface area contributed by atoms with Crippen LogP contribution in [0.1, 0.15) is 0 Å². The molecular weight excluding hydrogens is 180 g/mol. The van der Waals surface area contributed by atoms with Gasteiger partial charge < -0.3 is 14.4 Å². The van der Waals surface area contributed by atoms with Crippen molar-refractivity contribution in [3.63, 3.8) is 0 Å². The van der Waals surface area contributed by atoms with Crippen LogP contribution in [0, 0.1) is 0 Å². The average Bonchev–Trinajstić information content (AvgIpc) is 1.14. The van der Waals surface area contributed by atoms with Crippen LogP contribution in [0.25, 0.3) is 0 Å². The smallest absolute Gasteiger partial charge is 0.555 e. The molecule has 0 aliphatic carbocycles. The summed E-state index contributed by atoms with van der Waals surface area (Å²) in [5.41, 5.74) is 0. The second kappa shape index (κ2) is 2.44. The summed E-state index contributed by atoms with van der Waals surface area (Å²) < 4.78 is 42.6. The third-order valence-corrected chi connectivity index (χ3v) is 1.76. The first kappa shape index (κ1) is 9.20. The fourth-order valence-electron chi connectivity index (χ4n) is 0.116. The Morgan fingerprint density at radius 2 is 1.56 bits per heavy atom. The topological polar surface area (TPSA) is 89.5 Å². The fourth-order valence-corrected chi connectivity index (χ4v) is 1.05. The SMILES string of the molecule is O=P([O-])([O-])OP(=O)(F)F. The van der Waals surface area contributed by atoms with Crippen molar-refractivity contribution in [2.45, 2.75) is 0 Å². The van der Waals surface area contributed by atoms with E-state index in [0.717, 1.165) is 0 Å². The van der Waals surface area contributed by atoms with Crippen molar-refractivity contribution >= 4 is 15.8 Å². The predicted octanol–water partition coefficient (Wildman–Crippen LogP) is -0.121. The molecule has 0 aliphatic rings. The Labute approximate surface area is 48.6 Å². The zero-order chi connectivity index (χ0) is 7.71. The van der Waals surface area contributed by atoms with Gasteiger partial charge in [-0.05, 0) is 0 Å². The van der Waals surface area contributed by atoms with Crippen LogP contribution >= 0.6 is 15.8 Å². The molecule has 0 unspecified atom stereocenters. The van der Waals surface area contributed by atoms with Gasteiger partial charge in [0, 0.05) is 0 Å². The van der Waals surface area contributed by atoms with E-state index < -0.39 is 15.8 Å². The molecule has 0 aromatic carbocycles. The Kier molecular flexibility index (Phi) is 2.49. The quantitative estimate of drug-likeness (QED) is 0.552. The highest BCUT2D eigenvalue weighted by molar-refractivity contribution is 7.59. The molecule has 0 rings (SSSR count). The lowest BCUT2D eigenvalue weighted by atomic mass is 15.7. The fraction of sp³-hybridized carbons (Fsp3) is 0. The molecule has 0 bridgehead atoms. The lowest BCUT2D eigenvalue weighted by Gasteiger charge is -2.26. The van der Waals surface area contributed by atoms with E-state index in [1.165, 1.54) is 0 Å². The van der Waals surface area contributed by atoms with Crippen LogP contribution in [-0.4, -0.2) is 0 Å². The zero-order valence-corrected chi connectivity index (χ0v) is 5.48. The van der Waals surface area contributed by atoms with Crippen molar-refractivity contribution < 1.29 is 31.6 Å². The molecule has 0 saturated carbocycles. The summed E-state index contributed by atoms with van der Waals surface area (Å²) in [6, 6.07) is 0. The summed E-state index contributed by atoms with van der Waals surface area (Å²) in [5, 5.41) is 0. The van der Waals surface area contributed by atoms with Gasteiger partial charge in [0.1, 0.15) is 0 Å². The summed E-state index contributed by atoms with van der Waals surface area (Å²) >= 11 is 0. The van der Waals surface area contributed by atoms with Crippen molar-refractivity contribution in [3.05, 3.63) is 0 Å². The number of rotatable bonds is 2. The molecule has 0 aromatic rings. The number of phosphoric acid groups is 1. The van der Waals surface area contributed by atoms with Crippen molar-refractivity contribution in [3.8, 4) is 0 Å². The van der Waals surface area contributed by atoms with Crippen LogP contribution < -0.4 is 9.79 Å².